The van der Waals surface area contributed by atoms with Crippen LogP contribution in [0.1, 0.15) is 38.5 Å². The van der Waals surface area contributed by atoms with E-state index in [0.717, 1.165) is 38.5 Å². The Morgan fingerprint density at radius 1 is 0.750 bits per heavy atom. The maximum atomic E-state index is 9.28. The quantitative estimate of drug-likeness (QED) is 0.138. The number of aromatic nitrogens is 2. The number of hydrogen-bond acceptors (Lipinski definition) is 6. The Kier molecular flexibility index (Phi) is 10.5. The van der Waals surface area contributed by atoms with Gasteiger partial charge in [-0.15, -0.1) is 0 Å². The summed E-state index contributed by atoms with van der Waals surface area (Å²) in [6.07, 6.45) is 16.2. The van der Waals surface area contributed by atoms with Crippen LogP contribution >= 0.6 is 0 Å². The molecule has 32 heavy (non-hydrogen) atoms. The van der Waals surface area contributed by atoms with Gasteiger partial charge in [0.15, 0.2) is 12.4 Å². The Bertz CT molecular complexity index is 840. The number of nitrogens with one attached hydrogen (secondary N) is 4. The van der Waals surface area contributed by atoms with Crippen LogP contribution in [0.15, 0.2) is 49.1 Å². The topological polar surface area (TPSA) is 152 Å². The monoisotopic (exact) mass is 432 g/mol. The molecular weight excluding hydrogens is 404 g/mol. The van der Waals surface area contributed by atoms with Gasteiger partial charge in [-0.1, -0.05) is 25.7 Å². The Hall–Kier alpha value is -4.18. The largest absolute Gasteiger partial charge is 0.324 e. The second-order valence-electron chi connectivity index (χ2n) is 7.06. The van der Waals surface area contributed by atoms with Crippen LogP contribution in [0.2, 0.25) is 0 Å². The summed E-state index contributed by atoms with van der Waals surface area (Å²) >= 11 is 0. The first kappa shape index (κ1) is 24.1. The zero-order valence-corrected chi connectivity index (χ0v) is 18.0. The molecule has 0 aliphatic heterocycles. The van der Waals surface area contributed by atoms with E-state index in [0.29, 0.717) is 24.5 Å². The summed E-state index contributed by atoms with van der Waals surface area (Å²) < 4.78 is 0. The van der Waals surface area contributed by atoms with Crippen molar-refractivity contribution in [2.45, 2.75) is 38.5 Å². The van der Waals surface area contributed by atoms with Crippen LogP contribution in [-0.2, 0) is 0 Å². The molecule has 0 aliphatic carbocycles. The third kappa shape index (κ3) is 8.67. The summed E-state index contributed by atoms with van der Waals surface area (Å²) in [5.41, 5.74) is 1.35. The highest BCUT2D eigenvalue weighted by molar-refractivity contribution is 5.92. The van der Waals surface area contributed by atoms with Crippen LogP contribution in [0.4, 0.5) is 11.4 Å². The lowest BCUT2D eigenvalue weighted by Crippen LogP contribution is -2.32. The molecule has 0 aliphatic rings. The van der Waals surface area contributed by atoms with E-state index in [1.165, 1.54) is 9.80 Å². The van der Waals surface area contributed by atoms with E-state index in [1.54, 1.807) is 49.1 Å². The van der Waals surface area contributed by atoms with Crippen molar-refractivity contribution in [3.8, 4) is 12.4 Å². The Labute approximate surface area is 188 Å². The summed E-state index contributed by atoms with van der Waals surface area (Å²) in [5, 5.41) is 40.4. The van der Waals surface area contributed by atoms with Crippen molar-refractivity contribution in [1.82, 2.24) is 19.8 Å². The lowest BCUT2D eigenvalue weighted by atomic mass is 10.1. The third-order valence-corrected chi connectivity index (χ3v) is 4.64. The van der Waals surface area contributed by atoms with Gasteiger partial charge < -0.3 is 10.6 Å². The molecule has 0 radical (unpaired) electrons. The number of rotatable bonds is 11. The van der Waals surface area contributed by atoms with Crippen molar-refractivity contribution in [3.63, 3.8) is 0 Å². The lowest BCUT2D eigenvalue weighted by Gasteiger charge is -2.18. The van der Waals surface area contributed by atoms with Crippen LogP contribution in [0.5, 0.6) is 0 Å². The summed E-state index contributed by atoms with van der Waals surface area (Å²) in [5.74, 6) is 0.0823. The molecule has 0 saturated heterocycles. The van der Waals surface area contributed by atoms with E-state index < -0.39 is 0 Å². The fraction of sp³-hybridized carbons (Fsp3) is 0.364. The third-order valence-electron chi connectivity index (χ3n) is 4.64. The van der Waals surface area contributed by atoms with E-state index in [-0.39, 0.29) is 11.9 Å². The maximum absolute atomic E-state index is 9.28. The van der Waals surface area contributed by atoms with Gasteiger partial charge in [-0.05, 0) is 37.1 Å². The Balaban J connectivity index is 1.56. The second-order valence-corrected chi connectivity index (χ2v) is 7.06. The molecule has 0 bridgehead atoms. The molecular formula is C22H28N10. The second kappa shape index (κ2) is 13.9. The lowest BCUT2D eigenvalue weighted by molar-refractivity contribution is 0.487. The predicted molar refractivity (Wildman–Crippen MR) is 124 cm³/mol. The van der Waals surface area contributed by atoms with Gasteiger partial charge >= 0.3 is 0 Å². The zero-order valence-electron chi connectivity index (χ0n) is 18.0. The van der Waals surface area contributed by atoms with Crippen molar-refractivity contribution >= 4 is 23.3 Å². The van der Waals surface area contributed by atoms with Gasteiger partial charge in [0.1, 0.15) is 0 Å². The average Bonchev–Trinajstić information content (AvgIpc) is 2.81. The van der Waals surface area contributed by atoms with E-state index in [1.807, 2.05) is 12.4 Å². The summed E-state index contributed by atoms with van der Waals surface area (Å²) in [6, 6.07) is 7.12. The number of nitriles is 2. The molecule has 0 saturated carbocycles. The number of anilines is 2. The average molecular weight is 433 g/mol. The standard InChI is InChI=1S/C22H28N10/c23-17-31(21(25)29-19-9-7-11-27-15-19)13-5-3-1-2-4-6-14-32(18-24)22(26)30-20-10-8-12-28-16-20/h7-12,15-16H,1-6,13-14H2,(H2,25,29)(H2,26,30). The van der Waals surface area contributed by atoms with Gasteiger partial charge in [0.2, 0.25) is 11.9 Å². The molecule has 2 heterocycles. The first-order valence-corrected chi connectivity index (χ1v) is 10.5. The first-order chi connectivity index (χ1) is 15.6. The van der Waals surface area contributed by atoms with Gasteiger partial charge in [-0.2, -0.15) is 10.5 Å². The molecule has 10 nitrogen and oxygen atoms in total. The van der Waals surface area contributed by atoms with Crippen molar-refractivity contribution in [3.05, 3.63) is 49.1 Å². The molecule has 2 aromatic heterocycles. The Morgan fingerprint density at radius 3 is 1.50 bits per heavy atom. The van der Waals surface area contributed by atoms with Crippen molar-refractivity contribution in [2.24, 2.45) is 0 Å². The van der Waals surface area contributed by atoms with Gasteiger partial charge in [-0.25, -0.2) is 9.80 Å². The number of pyridine rings is 2. The van der Waals surface area contributed by atoms with Gasteiger partial charge in [0.05, 0.1) is 23.8 Å². The highest BCUT2D eigenvalue weighted by atomic mass is 15.3. The minimum absolute atomic E-state index is 0.0411. The highest BCUT2D eigenvalue weighted by Gasteiger charge is 2.10. The molecule has 10 heteroatoms. The SMILES string of the molecule is N#CN(CCCCCCCCN(C#N)C(=N)Nc1cccnc1)C(=N)Nc1cccnc1. The number of hydrogen-bond donors (Lipinski definition) is 4. The molecule has 2 rings (SSSR count). The first-order valence-electron chi connectivity index (χ1n) is 10.5. The maximum Gasteiger partial charge on any atom is 0.209 e. The van der Waals surface area contributed by atoms with E-state index in [9.17, 15) is 10.5 Å². The Morgan fingerprint density at radius 2 is 1.16 bits per heavy atom. The number of nitrogens with zero attached hydrogens (tertiary/aromatic N) is 6. The zero-order chi connectivity index (χ0) is 23.0. The molecule has 0 aromatic carbocycles. The number of guanidine groups is 2. The minimum atomic E-state index is 0.0411. The normalized spacial score (nSPS) is 9.81. The molecule has 0 spiro atoms. The summed E-state index contributed by atoms with van der Waals surface area (Å²) in [6.45, 7) is 0.976. The van der Waals surface area contributed by atoms with E-state index in [4.69, 9.17) is 10.8 Å². The van der Waals surface area contributed by atoms with Crippen molar-refractivity contribution < 1.29 is 0 Å². The molecule has 166 valence electrons. The molecule has 2 aromatic rings. The van der Waals surface area contributed by atoms with Crippen LogP contribution in [-0.4, -0.2) is 44.8 Å². The molecule has 0 atom stereocenters. The van der Waals surface area contributed by atoms with E-state index in [2.05, 4.69) is 20.6 Å². The molecule has 0 amide bonds. The van der Waals surface area contributed by atoms with Gasteiger partial charge in [0.25, 0.3) is 0 Å². The van der Waals surface area contributed by atoms with Crippen molar-refractivity contribution in [1.29, 1.82) is 21.3 Å². The van der Waals surface area contributed by atoms with Crippen LogP contribution < -0.4 is 10.6 Å². The molecule has 0 fully saturated rings. The van der Waals surface area contributed by atoms with Crippen LogP contribution in [0, 0.1) is 33.7 Å². The van der Waals surface area contributed by atoms with Crippen molar-refractivity contribution in [2.75, 3.05) is 23.7 Å². The van der Waals surface area contributed by atoms with Gasteiger partial charge in [-0.3, -0.25) is 20.8 Å². The fourth-order valence-electron chi connectivity index (χ4n) is 2.95. The fourth-order valence-corrected chi connectivity index (χ4v) is 2.95. The molecule has 4 N–H and O–H groups in total. The summed E-state index contributed by atoms with van der Waals surface area (Å²) in [4.78, 5) is 10.6. The minimum Gasteiger partial charge on any atom is -0.324 e. The van der Waals surface area contributed by atoms with Crippen LogP contribution in [0.25, 0.3) is 0 Å². The highest BCUT2D eigenvalue weighted by Crippen LogP contribution is 2.09. The number of unbranched alkanes of at least 4 members (excludes halogenated alkanes) is 5. The smallest absolute Gasteiger partial charge is 0.209 e. The van der Waals surface area contributed by atoms with Gasteiger partial charge in [0, 0.05) is 25.5 Å². The molecule has 0 unspecified atom stereocenters. The van der Waals surface area contributed by atoms with Crippen LogP contribution in [0.3, 0.4) is 0 Å². The van der Waals surface area contributed by atoms with E-state index >= 15 is 0 Å². The predicted octanol–water partition coefficient (Wildman–Crippen LogP) is 3.78. The summed E-state index contributed by atoms with van der Waals surface area (Å²) in [7, 11) is 0.